The Morgan fingerprint density at radius 3 is 2.15 bits per heavy atom. The van der Waals surface area contributed by atoms with E-state index >= 15 is 0 Å². The summed E-state index contributed by atoms with van der Waals surface area (Å²) >= 11 is 0. The number of piperidine rings is 2. The first-order chi connectivity index (χ1) is 23.1. The highest BCUT2D eigenvalue weighted by atomic mass is 19.1. The minimum absolute atomic E-state index is 0.000404. The molecule has 7 rings (SSSR count). The second-order valence-corrected chi connectivity index (χ2v) is 14.3. The number of hydrogen-bond acceptors (Lipinski definition) is 5. The first kappa shape index (κ1) is 32.1. The van der Waals surface area contributed by atoms with Gasteiger partial charge < -0.3 is 9.80 Å². The first-order valence-corrected chi connectivity index (χ1v) is 17.0. The molecule has 0 N–H and O–H groups in total. The SMILES string of the molecule is CC1(C)CN(C(=O)c2cccc(C(=O)N3CCC(n4cc(-c5cc(F)cc(F)c5)nn4)CC3)c2)C1C1CCN(Cc2ccccc2)CC1. The molecule has 0 radical (unpaired) electrons. The maximum Gasteiger partial charge on any atom is 0.254 e. The largest absolute Gasteiger partial charge is 0.338 e. The molecule has 0 spiro atoms. The van der Waals surface area contributed by atoms with Crippen molar-refractivity contribution >= 4 is 11.8 Å². The van der Waals surface area contributed by atoms with Crippen molar-refractivity contribution in [2.75, 3.05) is 32.7 Å². The summed E-state index contributed by atoms with van der Waals surface area (Å²) in [5.41, 5.74) is 3.19. The topological polar surface area (TPSA) is 74.6 Å². The highest BCUT2D eigenvalue weighted by molar-refractivity contribution is 6.00. The molecule has 3 aromatic carbocycles. The fourth-order valence-corrected chi connectivity index (χ4v) is 8.06. The minimum atomic E-state index is -0.666. The average molecular weight is 653 g/mol. The molecule has 3 saturated heterocycles. The quantitative estimate of drug-likeness (QED) is 0.229. The van der Waals surface area contributed by atoms with Crippen molar-refractivity contribution in [1.29, 1.82) is 0 Å². The average Bonchev–Trinajstić information content (AvgIpc) is 3.59. The van der Waals surface area contributed by atoms with E-state index in [9.17, 15) is 18.4 Å². The van der Waals surface area contributed by atoms with Crippen LogP contribution >= 0.6 is 0 Å². The van der Waals surface area contributed by atoms with Gasteiger partial charge in [0, 0.05) is 60.4 Å². The van der Waals surface area contributed by atoms with Crippen molar-refractivity contribution in [3.63, 3.8) is 0 Å². The maximum absolute atomic E-state index is 13.9. The summed E-state index contributed by atoms with van der Waals surface area (Å²) in [7, 11) is 0. The van der Waals surface area contributed by atoms with Crippen LogP contribution in [0.1, 0.15) is 71.9 Å². The summed E-state index contributed by atoms with van der Waals surface area (Å²) in [6.07, 6.45) is 5.17. The summed E-state index contributed by atoms with van der Waals surface area (Å²) in [4.78, 5) is 33.9. The van der Waals surface area contributed by atoms with Gasteiger partial charge in [0.15, 0.2) is 0 Å². The lowest BCUT2D eigenvalue weighted by Crippen LogP contribution is -2.67. The molecular weight excluding hydrogens is 610 g/mol. The van der Waals surface area contributed by atoms with Crippen LogP contribution in [0, 0.1) is 23.0 Å². The Balaban J connectivity index is 0.956. The minimum Gasteiger partial charge on any atom is -0.338 e. The highest BCUT2D eigenvalue weighted by Gasteiger charge is 2.52. The number of nitrogens with zero attached hydrogens (tertiary/aromatic N) is 6. The van der Waals surface area contributed by atoms with E-state index in [2.05, 4.69) is 59.4 Å². The van der Waals surface area contributed by atoms with Crippen molar-refractivity contribution in [3.05, 3.63) is 107 Å². The third kappa shape index (κ3) is 6.63. The number of carbonyl (C=O) groups excluding carboxylic acids is 2. The Kier molecular flexibility index (Phi) is 8.85. The van der Waals surface area contributed by atoms with Gasteiger partial charge >= 0.3 is 0 Å². The third-order valence-corrected chi connectivity index (χ3v) is 10.5. The van der Waals surface area contributed by atoms with Gasteiger partial charge in [0.05, 0.1) is 12.2 Å². The molecule has 4 heterocycles. The van der Waals surface area contributed by atoms with E-state index in [1.807, 2.05) is 15.9 Å². The molecule has 250 valence electrons. The Labute approximate surface area is 280 Å². The van der Waals surface area contributed by atoms with Gasteiger partial charge in [-0.15, -0.1) is 5.10 Å². The Bertz CT molecular complexity index is 1760. The lowest BCUT2D eigenvalue weighted by molar-refractivity contribution is -0.0714. The molecule has 3 aliphatic rings. The van der Waals surface area contributed by atoms with Crippen LogP contribution in [0.2, 0.25) is 0 Å². The van der Waals surface area contributed by atoms with Gasteiger partial charge in [-0.2, -0.15) is 0 Å². The van der Waals surface area contributed by atoms with Gasteiger partial charge in [0.1, 0.15) is 17.3 Å². The fourth-order valence-electron chi connectivity index (χ4n) is 8.06. The van der Waals surface area contributed by atoms with Crippen LogP contribution in [0.15, 0.2) is 79.0 Å². The van der Waals surface area contributed by atoms with Crippen molar-refractivity contribution in [3.8, 4) is 11.3 Å². The van der Waals surface area contributed by atoms with E-state index in [1.165, 1.54) is 17.7 Å². The van der Waals surface area contributed by atoms with Gasteiger partial charge in [0.25, 0.3) is 11.8 Å². The van der Waals surface area contributed by atoms with Crippen molar-refractivity contribution in [1.82, 2.24) is 29.7 Å². The highest BCUT2D eigenvalue weighted by Crippen LogP contribution is 2.45. The van der Waals surface area contributed by atoms with Crippen LogP contribution in [0.5, 0.6) is 0 Å². The summed E-state index contributed by atoms with van der Waals surface area (Å²) in [6, 6.07) is 21.2. The first-order valence-electron chi connectivity index (χ1n) is 17.0. The standard InChI is InChI=1S/C38H42F2N6O2/c1-38(2)25-45(35(38)27-11-15-43(16-12-27)23-26-7-4-3-5-8-26)37(48)29-10-6-9-28(19-29)36(47)44-17-13-33(14-18-44)46-24-34(41-42-46)30-20-31(39)22-32(40)21-30/h3-10,19-22,24,27,33,35H,11-18,23,25H2,1-2H3. The molecule has 1 unspecified atom stereocenters. The summed E-state index contributed by atoms with van der Waals surface area (Å²) in [5.74, 6) is -0.974. The summed E-state index contributed by atoms with van der Waals surface area (Å²) < 4.78 is 29.1. The Morgan fingerprint density at radius 1 is 0.812 bits per heavy atom. The van der Waals surface area contributed by atoms with Crippen LogP contribution in [0.25, 0.3) is 11.3 Å². The zero-order valence-corrected chi connectivity index (χ0v) is 27.6. The van der Waals surface area contributed by atoms with E-state index in [0.717, 1.165) is 38.5 Å². The fraction of sp³-hybridized carbons (Fsp3) is 0.421. The molecule has 1 atom stereocenters. The zero-order chi connectivity index (χ0) is 33.4. The molecule has 2 amide bonds. The lowest BCUT2D eigenvalue weighted by atomic mass is 9.66. The predicted octanol–water partition coefficient (Wildman–Crippen LogP) is 6.46. The van der Waals surface area contributed by atoms with E-state index in [0.29, 0.717) is 60.8 Å². The number of amides is 2. The molecule has 4 aromatic rings. The van der Waals surface area contributed by atoms with Gasteiger partial charge in [-0.25, -0.2) is 13.5 Å². The van der Waals surface area contributed by atoms with E-state index < -0.39 is 11.6 Å². The molecule has 0 saturated carbocycles. The van der Waals surface area contributed by atoms with Crippen LogP contribution in [0.4, 0.5) is 8.78 Å². The van der Waals surface area contributed by atoms with E-state index in [-0.39, 0.29) is 29.3 Å². The second kappa shape index (κ2) is 13.2. The number of hydrogen-bond donors (Lipinski definition) is 0. The predicted molar refractivity (Wildman–Crippen MR) is 179 cm³/mol. The van der Waals surface area contributed by atoms with E-state index in [1.54, 1.807) is 29.1 Å². The van der Waals surface area contributed by atoms with Gasteiger partial charge in [-0.3, -0.25) is 14.5 Å². The van der Waals surface area contributed by atoms with Crippen LogP contribution in [-0.2, 0) is 6.54 Å². The molecule has 48 heavy (non-hydrogen) atoms. The number of rotatable bonds is 7. The van der Waals surface area contributed by atoms with Crippen molar-refractivity contribution in [2.24, 2.45) is 11.3 Å². The third-order valence-electron chi connectivity index (χ3n) is 10.5. The number of likely N-dealkylation sites (tertiary alicyclic amines) is 3. The van der Waals surface area contributed by atoms with Crippen molar-refractivity contribution in [2.45, 2.75) is 58.2 Å². The van der Waals surface area contributed by atoms with Gasteiger partial charge in [-0.1, -0.05) is 55.5 Å². The maximum atomic E-state index is 13.9. The summed E-state index contributed by atoms with van der Waals surface area (Å²) in [6.45, 7) is 9.31. The molecule has 0 aliphatic carbocycles. The molecule has 0 bridgehead atoms. The summed E-state index contributed by atoms with van der Waals surface area (Å²) in [5, 5.41) is 8.33. The monoisotopic (exact) mass is 652 g/mol. The Morgan fingerprint density at radius 2 is 1.48 bits per heavy atom. The number of halogens is 2. The number of carbonyl (C=O) groups is 2. The molecule has 3 fully saturated rings. The molecular formula is C38H42F2N6O2. The number of aromatic nitrogens is 3. The normalized spacial score (nSPS) is 20.5. The molecule has 10 heteroatoms. The lowest BCUT2D eigenvalue weighted by Gasteiger charge is -2.58. The number of benzene rings is 3. The second-order valence-electron chi connectivity index (χ2n) is 14.3. The molecule has 1 aromatic heterocycles. The molecule has 8 nitrogen and oxygen atoms in total. The smallest absolute Gasteiger partial charge is 0.254 e. The molecule has 3 aliphatic heterocycles. The van der Waals surface area contributed by atoms with Gasteiger partial charge in [0.2, 0.25) is 0 Å². The zero-order valence-electron chi connectivity index (χ0n) is 27.6. The van der Waals surface area contributed by atoms with Crippen molar-refractivity contribution < 1.29 is 18.4 Å². The van der Waals surface area contributed by atoms with Crippen LogP contribution in [-0.4, -0.2) is 80.3 Å². The Hall–Kier alpha value is -4.44. The van der Waals surface area contributed by atoms with E-state index in [4.69, 9.17) is 0 Å². The van der Waals surface area contributed by atoms with Crippen LogP contribution < -0.4 is 0 Å². The van der Waals surface area contributed by atoms with Crippen LogP contribution in [0.3, 0.4) is 0 Å². The van der Waals surface area contributed by atoms with Gasteiger partial charge in [-0.05, 0) is 80.6 Å².